The maximum atomic E-state index is 12.2. The van der Waals surface area contributed by atoms with Crippen LogP contribution in [0.1, 0.15) is 6.42 Å². The Morgan fingerprint density at radius 2 is 2.35 bits per heavy atom. The van der Waals surface area contributed by atoms with E-state index >= 15 is 0 Å². The highest BCUT2D eigenvalue weighted by atomic mass is 16.5. The van der Waals surface area contributed by atoms with Gasteiger partial charge in [-0.1, -0.05) is 6.07 Å². The summed E-state index contributed by atoms with van der Waals surface area (Å²) in [6, 6.07) is 7.56. The molecule has 1 saturated heterocycles. The van der Waals surface area contributed by atoms with Gasteiger partial charge in [-0.05, 0) is 25.1 Å². The van der Waals surface area contributed by atoms with Gasteiger partial charge in [0.2, 0.25) is 5.91 Å². The third-order valence-corrected chi connectivity index (χ3v) is 3.18. The molecule has 1 aromatic rings. The van der Waals surface area contributed by atoms with E-state index in [1.807, 2.05) is 31.3 Å². The van der Waals surface area contributed by atoms with Crippen molar-refractivity contribution < 1.29 is 9.53 Å². The van der Waals surface area contributed by atoms with Gasteiger partial charge in [0.25, 0.3) is 0 Å². The molecule has 1 amide bonds. The van der Waals surface area contributed by atoms with Crippen LogP contribution in [-0.4, -0.2) is 33.2 Å². The van der Waals surface area contributed by atoms with Gasteiger partial charge in [0, 0.05) is 25.3 Å². The minimum atomic E-state index is 0.103. The summed E-state index contributed by atoms with van der Waals surface area (Å²) in [7, 11) is 3.44. The first-order valence-electron chi connectivity index (χ1n) is 5.84. The van der Waals surface area contributed by atoms with Crippen LogP contribution in [0.3, 0.4) is 0 Å². The SMILES string of the molecule is COc1cccc(N(C)C(=O)C2CCNC2)c1. The molecule has 4 heteroatoms. The Morgan fingerprint density at radius 3 is 3.00 bits per heavy atom. The molecule has 17 heavy (non-hydrogen) atoms. The van der Waals surface area contributed by atoms with Crippen LogP contribution in [0.5, 0.6) is 5.75 Å². The average molecular weight is 234 g/mol. The molecule has 1 aliphatic rings. The molecule has 1 heterocycles. The Labute approximate surface area is 102 Å². The molecule has 4 nitrogen and oxygen atoms in total. The quantitative estimate of drug-likeness (QED) is 0.856. The molecular formula is C13H18N2O2. The number of amides is 1. The molecule has 0 aliphatic carbocycles. The number of ether oxygens (including phenoxy) is 1. The van der Waals surface area contributed by atoms with Crippen molar-refractivity contribution in [1.29, 1.82) is 0 Å². The molecular weight excluding hydrogens is 216 g/mol. The van der Waals surface area contributed by atoms with E-state index in [1.165, 1.54) is 0 Å². The fourth-order valence-electron chi connectivity index (χ4n) is 2.09. The summed E-state index contributed by atoms with van der Waals surface area (Å²) in [4.78, 5) is 13.9. The van der Waals surface area contributed by atoms with Gasteiger partial charge in [-0.3, -0.25) is 4.79 Å². The smallest absolute Gasteiger partial charge is 0.231 e. The first kappa shape index (κ1) is 11.9. The van der Waals surface area contributed by atoms with Gasteiger partial charge in [-0.25, -0.2) is 0 Å². The van der Waals surface area contributed by atoms with Crippen LogP contribution in [-0.2, 0) is 4.79 Å². The molecule has 1 aliphatic heterocycles. The van der Waals surface area contributed by atoms with E-state index in [2.05, 4.69) is 5.32 Å². The number of nitrogens with zero attached hydrogens (tertiary/aromatic N) is 1. The Balaban J connectivity index is 2.12. The van der Waals surface area contributed by atoms with Crippen LogP contribution in [0.4, 0.5) is 5.69 Å². The van der Waals surface area contributed by atoms with Crippen molar-refractivity contribution in [2.45, 2.75) is 6.42 Å². The van der Waals surface area contributed by atoms with E-state index < -0.39 is 0 Å². The Bertz CT molecular complexity index is 400. The highest BCUT2D eigenvalue weighted by Gasteiger charge is 2.25. The van der Waals surface area contributed by atoms with Crippen molar-refractivity contribution >= 4 is 11.6 Å². The monoisotopic (exact) mass is 234 g/mol. The molecule has 0 saturated carbocycles. The molecule has 0 aromatic heterocycles. The number of anilines is 1. The molecule has 0 spiro atoms. The molecule has 1 fully saturated rings. The number of carbonyl (C=O) groups is 1. The highest BCUT2D eigenvalue weighted by Crippen LogP contribution is 2.22. The molecule has 2 rings (SSSR count). The summed E-state index contributed by atoms with van der Waals surface area (Å²) in [6.07, 6.45) is 0.924. The largest absolute Gasteiger partial charge is 0.497 e. The third kappa shape index (κ3) is 2.58. The number of hydrogen-bond acceptors (Lipinski definition) is 3. The maximum Gasteiger partial charge on any atom is 0.231 e. The van der Waals surface area contributed by atoms with Crippen molar-refractivity contribution in [3.8, 4) is 5.75 Å². The minimum Gasteiger partial charge on any atom is -0.497 e. The van der Waals surface area contributed by atoms with Crippen LogP contribution in [0.25, 0.3) is 0 Å². The lowest BCUT2D eigenvalue weighted by Crippen LogP contribution is -2.33. The summed E-state index contributed by atoms with van der Waals surface area (Å²) < 4.78 is 5.16. The van der Waals surface area contributed by atoms with Gasteiger partial charge in [0.15, 0.2) is 0 Å². The van der Waals surface area contributed by atoms with Crippen molar-refractivity contribution in [1.82, 2.24) is 5.32 Å². The summed E-state index contributed by atoms with van der Waals surface area (Å²) >= 11 is 0. The molecule has 1 N–H and O–H groups in total. The molecule has 1 aromatic carbocycles. The van der Waals surface area contributed by atoms with E-state index in [1.54, 1.807) is 12.0 Å². The zero-order valence-electron chi connectivity index (χ0n) is 10.3. The van der Waals surface area contributed by atoms with Crippen molar-refractivity contribution in [3.63, 3.8) is 0 Å². The molecule has 1 unspecified atom stereocenters. The maximum absolute atomic E-state index is 12.2. The van der Waals surface area contributed by atoms with Crippen molar-refractivity contribution in [2.75, 3.05) is 32.1 Å². The lowest BCUT2D eigenvalue weighted by molar-refractivity contribution is -0.121. The van der Waals surface area contributed by atoms with Crippen LogP contribution >= 0.6 is 0 Å². The summed E-state index contributed by atoms with van der Waals surface area (Å²) in [5.74, 6) is 1.04. The summed E-state index contributed by atoms with van der Waals surface area (Å²) in [5.41, 5.74) is 0.876. The fraction of sp³-hybridized carbons (Fsp3) is 0.462. The van der Waals surface area contributed by atoms with Gasteiger partial charge < -0.3 is 15.0 Å². The zero-order valence-corrected chi connectivity index (χ0v) is 10.3. The minimum absolute atomic E-state index is 0.103. The molecule has 0 radical (unpaired) electrons. The van der Waals surface area contributed by atoms with Crippen LogP contribution in [0.2, 0.25) is 0 Å². The van der Waals surface area contributed by atoms with Crippen LogP contribution in [0, 0.1) is 5.92 Å². The van der Waals surface area contributed by atoms with E-state index in [-0.39, 0.29) is 11.8 Å². The molecule has 0 bridgehead atoms. The Kier molecular flexibility index (Phi) is 3.64. The highest BCUT2D eigenvalue weighted by molar-refractivity contribution is 5.95. The lowest BCUT2D eigenvalue weighted by atomic mass is 10.1. The summed E-state index contributed by atoms with van der Waals surface area (Å²) in [6.45, 7) is 1.72. The number of benzene rings is 1. The second-order valence-corrected chi connectivity index (χ2v) is 4.29. The number of nitrogens with one attached hydrogen (secondary N) is 1. The van der Waals surface area contributed by atoms with Crippen LogP contribution in [0.15, 0.2) is 24.3 Å². The van der Waals surface area contributed by atoms with E-state index in [9.17, 15) is 4.79 Å². The zero-order chi connectivity index (χ0) is 12.3. The van der Waals surface area contributed by atoms with Gasteiger partial charge in [-0.2, -0.15) is 0 Å². The standard InChI is InChI=1S/C13H18N2O2/c1-15(13(16)10-6-7-14-9-10)11-4-3-5-12(8-11)17-2/h3-5,8,10,14H,6-7,9H2,1-2H3. The first-order valence-corrected chi connectivity index (χ1v) is 5.84. The van der Waals surface area contributed by atoms with Gasteiger partial charge >= 0.3 is 0 Å². The van der Waals surface area contributed by atoms with E-state index in [0.717, 1.165) is 30.9 Å². The summed E-state index contributed by atoms with van der Waals surface area (Å²) in [5, 5.41) is 3.21. The van der Waals surface area contributed by atoms with E-state index in [0.29, 0.717) is 0 Å². The Morgan fingerprint density at radius 1 is 1.53 bits per heavy atom. The van der Waals surface area contributed by atoms with Crippen LogP contribution < -0.4 is 15.0 Å². The lowest BCUT2D eigenvalue weighted by Gasteiger charge is -2.21. The van der Waals surface area contributed by atoms with Gasteiger partial charge in [0.05, 0.1) is 13.0 Å². The van der Waals surface area contributed by atoms with E-state index in [4.69, 9.17) is 4.74 Å². The number of rotatable bonds is 3. The second-order valence-electron chi connectivity index (χ2n) is 4.29. The normalized spacial score (nSPS) is 19.1. The predicted octanol–water partition coefficient (Wildman–Crippen LogP) is 1.27. The molecule has 1 atom stereocenters. The first-order chi connectivity index (χ1) is 8.22. The average Bonchev–Trinajstić information content (AvgIpc) is 2.91. The predicted molar refractivity (Wildman–Crippen MR) is 67.4 cm³/mol. The van der Waals surface area contributed by atoms with Crippen molar-refractivity contribution in [2.24, 2.45) is 5.92 Å². The number of hydrogen-bond donors (Lipinski definition) is 1. The topological polar surface area (TPSA) is 41.6 Å². The Hall–Kier alpha value is -1.55. The number of methoxy groups -OCH3 is 1. The second kappa shape index (κ2) is 5.19. The van der Waals surface area contributed by atoms with Gasteiger partial charge in [-0.15, -0.1) is 0 Å². The molecule has 92 valence electrons. The van der Waals surface area contributed by atoms with Crippen molar-refractivity contribution in [3.05, 3.63) is 24.3 Å². The number of carbonyl (C=O) groups excluding carboxylic acids is 1. The fourth-order valence-corrected chi connectivity index (χ4v) is 2.09. The third-order valence-electron chi connectivity index (χ3n) is 3.18. The van der Waals surface area contributed by atoms with Gasteiger partial charge in [0.1, 0.15) is 5.75 Å².